The van der Waals surface area contributed by atoms with Gasteiger partial charge in [-0.05, 0) is 79.6 Å². The van der Waals surface area contributed by atoms with Gasteiger partial charge in [-0.15, -0.1) is 0 Å². The fraction of sp³-hybridized carbons (Fsp3) is 0.594. The molecule has 2 aromatic carbocycles. The predicted molar refractivity (Wildman–Crippen MR) is 154 cm³/mol. The van der Waals surface area contributed by atoms with Gasteiger partial charge < -0.3 is 33.9 Å². The summed E-state index contributed by atoms with van der Waals surface area (Å²) in [6.45, 7) is 3.42. The van der Waals surface area contributed by atoms with Gasteiger partial charge in [-0.25, -0.2) is 8.78 Å². The first-order valence-electron chi connectivity index (χ1n) is 14.7. The number of methoxy groups -OCH3 is 3. The summed E-state index contributed by atoms with van der Waals surface area (Å²) in [6.07, 6.45) is 3.95. The van der Waals surface area contributed by atoms with Crippen LogP contribution in [0.5, 0.6) is 5.75 Å². The fourth-order valence-corrected chi connectivity index (χ4v) is 5.70. The second-order valence-corrected chi connectivity index (χ2v) is 11.0. The highest BCUT2D eigenvalue weighted by Crippen LogP contribution is 2.42. The lowest BCUT2D eigenvalue weighted by Crippen LogP contribution is -2.57. The van der Waals surface area contributed by atoms with Gasteiger partial charge in [-0.2, -0.15) is 0 Å². The van der Waals surface area contributed by atoms with Crippen LogP contribution in [0.4, 0.5) is 8.78 Å². The molecule has 1 aliphatic heterocycles. The molecule has 1 heterocycles. The highest BCUT2D eigenvalue weighted by atomic mass is 19.2. The predicted octanol–water partition coefficient (Wildman–Crippen LogP) is 4.23. The topological polar surface area (TPSA) is 78.5 Å². The van der Waals surface area contributed by atoms with Gasteiger partial charge in [0.2, 0.25) is 5.91 Å². The Morgan fingerprint density at radius 1 is 0.929 bits per heavy atom. The smallest absolute Gasteiger partial charge is 0.230 e. The molecule has 1 amide bonds. The molecule has 1 saturated heterocycles. The number of carbonyl (C=O) groups excluding carboxylic acids is 1. The average Bonchev–Trinajstić information content (AvgIpc) is 3.83. The molecule has 2 fully saturated rings. The Bertz CT molecular complexity index is 1140. The molecular weight excluding hydrogens is 546 g/mol. The van der Waals surface area contributed by atoms with Crippen LogP contribution in [0.1, 0.15) is 42.4 Å². The number of nitrogens with one attached hydrogen (secondary N) is 1. The van der Waals surface area contributed by atoms with Gasteiger partial charge in [0.05, 0.1) is 25.7 Å². The van der Waals surface area contributed by atoms with E-state index in [-0.39, 0.29) is 18.6 Å². The Hall–Kier alpha value is -2.63. The number of halogens is 2. The van der Waals surface area contributed by atoms with Crippen molar-refractivity contribution in [1.29, 1.82) is 0 Å². The van der Waals surface area contributed by atoms with Gasteiger partial charge in [0.25, 0.3) is 0 Å². The molecule has 1 saturated carbocycles. The second kappa shape index (κ2) is 15.7. The quantitative estimate of drug-likeness (QED) is 0.277. The van der Waals surface area contributed by atoms with Crippen molar-refractivity contribution in [3.05, 3.63) is 64.7 Å². The maximum absolute atomic E-state index is 14.5. The molecule has 1 aliphatic carbocycles. The van der Waals surface area contributed by atoms with Crippen LogP contribution in [0.3, 0.4) is 0 Å². The zero-order chi connectivity index (χ0) is 30.0. The van der Waals surface area contributed by atoms with Crippen molar-refractivity contribution in [1.82, 2.24) is 10.2 Å². The molecule has 232 valence electrons. The van der Waals surface area contributed by atoms with Gasteiger partial charge in [0.15, 0.2) is 11.6 Å². The van der Waals surface area contributed by atoms with Gasteiger partial charge in [0, 0.05) is 47.1 Å². The van der Waals surface area contributed by atoms with Crippen molar-refractivity contribution in [2.75, 3.05) is 67.5 Å². The molecule has 2 unspecified atom stereocenters. The van der Waals surface area contributed by atoms with E-state index in [9.17, 15) is 13.6 Å². The molecule has 1 N–H and O–H groups in total. The van der Waals surface area contributed by atoms with E-state index in [1.165, 1.54) is 12.1 Å². The summed E-state index contributed by atoms with van der Waals surface area (Å²) < 4.78 is 56.5. The summed E-state index contributed by atoms with van der Waals surface area (Å²) in [4.78, 5) is 16.4. The average molecular weight is 591 g/mol. The zero-order valence-corrected chi connectivity index (χ0v) is 25.0. The number of hydrogen-bond donors (Lipinski definition) is 1. The Labute approximate surface area is 247 Å². The van der Waals surface area contributed by atoms with Crippen molar-refractivity contribution in [3.63, 3.8) is 0 Å². The van der Waals surface area contributed by atoms with E-state index >= 15 is 0 Å². The normalized spacial score (nSPS) is 20.5. The van der Waals surface area contributed by atoms with Gasteiger partial charge in [-0.1, -0.05) is 12.1 Å². The molecular formula is C32H44F2N2O6. The molecule has 2 aliphatic rings. The third-order valence-electron chi connectivity index (χ3n) is 7.96. The maximum Gasteiger partial charge on any atom is 0.230 e. The lowest BCUT2D eigenvalue weighted by Gasteiger charge is -2.45. The highest BCUT2D eigenvalue weighted by Gasteiger charge is 2.50. The molecule has 0 radical (unpaired) electrons. The molecule has 0 spiro atoms. The van der Waals surface area contributed by atoms with Crippen LogP contribution in [0.15, 0.2) is 36.4 Å². The van der Waals surface area contributed by atoms with Gasteiger partial charge in [0.1, 0.15) is 18.0 Å². The van der Waals surface area contributed by atoms with Crippen LogP contribution in [-0.4, -0.2) is 84.3 Å². The van der Waals surface area contributed by atoms with Crippen LogP contribution in [-0.2, 0) is 42.3 Å². The lowest BCUT2D eigenvalue weighted by molar-refractivity contribution is -0.162. The molecule has 4 rings (SSSR count). The van der Waals surface area contributed by atoms with Crippen LogP contribution in [0, 0.1) is 17.6 Å². The summed E-state index contributed by atoms with van der Waals surface area (Å²) >= 11 is 0. The monoisotopic (exact) mass is 590 g/mol. The van der Waals surface area contributed by atoms with Crippen LogP contribution in [0.2, 0.25) is 0 Å². The number of piperidine rings is 1. The van der Waals surface area contributed by atoms with E-state index in [2.05, 4.69) is 11.4 Å². The van der Waals surface area contributed by atoms with E-state index in [1.807, 2.05) is 17.0 Å². The summed E-state index contributed by atoms with van der Waals surface area (Å²) in [5.74, 6) is -1.87. The van der Waals surface area contributed by atoms with Crippen molar-refractivity contribution >= 4 is 5.91 Å². The number of amides is 1. The molecule has 42 heavy (non-hydrogen) atoms. The van der Waals surface area contributed by atoms with Crippen molar-refractivity contribution in [2.24, 2.45) is 5.92 Å². The van der Waals surface area contributed by atoms with E-state index in [4.69, 9.17) is 23.7 Å². The highest BCUT2D eigenvalue weighted by molar-refractivity contribution is 5.81. The van der Waals surface area contributed by atoms with Gasteiger partial charge in [-0.3, -0.25) is 4.79 Å². The number of rotatable bonds is 17. The second-order valence-electron chi connectivity index (χ2n) is 11.0. The number of hydrogen-bond acceptors (Lipinski definition) is 7. The standard InChI is InChI=1S/C32H44F2N2O6/c1-38-12-4-5-23-17-24(19-27(18-23)41-15-13-39-2)22-36(26-7-8-26)31(37)28-21-35-11-10-32(28,42-16-14-40-3)25-6-9-29(33)30(34)20-25/h6,9,17-20,26,28,35H,4-5,7-8,10-16,21-22H2,1-3H3. The Balaban J connectivity index is 1.64. The number of benzene rings is 2. The summed E-state index contributed by atoms with van der Waals surface area (Å²) in [7, 11) is 4.90. The van der Waals surface area contributed by atoms with Crippen molar-refractivity contribution < 1.29 is 37.3 Å². The minimum Gasteiger partial charge on any atom is -0.491 e. The van der Waals surface area contributed by atoms with Crippen molar-refractivity contribution in [2.45, 2.75) is 50.3 Å². The first-order chi connectivity index (χ1) is 20.4. The van der Waals surface area contributed by atoms with E-state index < -0.39 is 23.2 Å². The minimum atomic E-state index is -1.13. The largest absolute Gasteiger partial charge is 0.491 e. The Kier molecular flexibility index (Phi) is 12.1. The minimum absolute atomic E-state index is 0.0708. The van der Waals surface area contributed by atoms with Crippen LogP contribution < -0.4 is 10.1 Å². The number of aryl methyl sites for hydroxylation is 1. The fourth-order valence-electron chi connectivity index (χ4n) is 5.70. The lowest BCUT2D eigenvalue weighted by atomic mass is 9.75. The Morgan fingerprint density at radius 3 is 2.38 bits per heavy atom. The molecule has 10 heteroatoms. The van der Waals surface area contributed by atoms with E-state index in [1.54, 1.807) is 21.3 Å². The zero-order valence-electron chi connectivity index (χ0n) is 25.0. The Morgan fingerprint density at radius 2 is 1.67 bits per heavy atom. The molecule has 0 bridgehead atoms. The van der Waals surface area contributed by atoms with Gasteiger partial charge >= 0.3 is 0 Å². The first kappa shape index (κ1) is 32.3. The summed E-state index contributed by atoms with van der Waals surface area (Å²) in [5, 5.41) is 3.34. The van der Waals surface area contributed by atoms with E-state index in [0.29, 0.717) is 58.0 Å². The molecule has 2 aromatic rings. The third kappa shape index (κ3) is 8.26. The number of ether oxygens (including phenoxy) is 5. The number of nitrogens with zero attached hydrogens (tertiary/aromatic N) is 1. The molecule has 0 aromatic heterocycles. The maximum atomic E-state index is 14.5. The molecule has 8 nitrogen and oxygen atoms in total. The molecule has 2 atom stereocenters. The summed E-state index contributed by atoms with van der Waals surface area (Å²) in [5.41, 5.74) is 1.42. The van der Waals surface area contributed by atoms with Crippen molar-refractivity contribution in [3.8, 4) is 5.75 Å². The SMILES string of the molecule is COCCCc1cc(CN(C(=O)C2CNCCC2(OCCOC)c2ccc(F)c(F)c2)C2CC2)cc(OCCOC)c1. The third-order valence-corrected chi connectivity index (χ3v) is 7.96. The first-order valence-corrected chi connectivity index (χ1v) is 14.7. The van der Waals surface area contributed by atoms with Crippen LogP contribution >= 0.6 is 0 Å². The van der Waals surface area contributed by atoms with E-state index in [0.717, 1.165) is 48.6 Å². The summed E-state index contributed by atoms with van der Waals surface area (Å²) in [6, 6.07) is 10.0. The van der Waals surface area contributed by atoms with Crippen LogP contribution in [0.25, 0.3) is 0 Å². The number of carbonyl (C=O) groups is 1.